The number of hydrogen-bond donors (Lipinski definition) is 4. The van der Waals surface area contributed by atoms with E-state index in [0.29, 0.717) is 24.3 Å². The number of anilines is 2. The highest BCUT2D eigenvalue weighted by atomic mass is 19.4. The first-order valence-electron chi connectivity index (χ1n) is 8.31. The largest absolute Gasteiger partial charge is 0.489 e. The number of ether oxygens (including phenoxy) is 2. The number of hydrogen-bond acceptors (Lipinski definition) is 6. The van der Waals surface area contributed by atoms with E-state index in [1.54, 1.807) is 0 Å². The molecule has 0 saturated carbocycles. The fourth-order valence-electron chi connectivity index (χ4n) is 3.03. The third kappa shape index (κ3) is 4.05. The van der Waals surface area contributed by atoms with Crippen LogP contribution in [0.2, 0.25) is 0 Å². The van der Waals surface area contributed by atoms with Gasteiger partial charge in [-0.15, -0.1) is 0 Å². The minimum atomic E-state index is -5.84. The molecule has 0 bridgehead atoms. The van der Waals surface area contributed by atoms with E-state index >= 15 is 0 Å². The number of aliphatic hydroxyl groups excluding tert-OH is 2. The number of halogens is 6. The Labute approximate surface area is 166 Å². The summed E-state index contributed by atoms with van der Waals surface area (Å²) >= 11 is 0. The highest BCUT2D eigenvalue weighted by Gasteiger charge is 2.72. The lowest BCUT2D eigenvalue weighted by Gasteiger charge is -2.38. The molecular formula is C18H18F6N2O4. The van der Waals surface area contributed by atoms with Gasteiger partial charge in [0.05, 0.1) is 18.0 Å². The average molecular weight is 440 g/mol. The van der Waals surface area contributed by atoms with E-state index in [4.69, 9.17) is 26.4 Å². The monoisotopic (exact) mass is 440 g/mol. The smallest absolute Gasteiger partial charge is 0.411 e. The van der Waals surface area contributed by atoms with Crippen LogP contribution in [-0.4, -0.2) is 42.6 Å². The zero-order valence-electron chi connectivity index (χ0n) is 15.2. The standard InChI is InChI=1S/C18H18F6N2O4/c19-17(20,21)16(18(22,23)24,11-2-4-15(30-9-28)13(26)8-11)10-1-3-14(12(25)7-10)29-6-5-27/h1-4,7-8,27-28H,5-6,9,25-26H2. The Kier molecular flexibility index (Phi) is 6.62. The first kappa shape index (κ1) is 23.4. The summed E-state index contributed by atoms with van der Waals surface area (Å²) in [7, 11) is 0. The summed E-state index contributed by atoms with van der Waals surface area (Å²) in [5.41, 5.74) is 3.25. The minimum absolute atomic E-state index is 0.183. The predicted octanol–water partition coefficient (Wildman–Crippen LogP) is 2.96. The topological polar surface area (TPSA) is 111 Å². The Bertz CT molecular complexity index is 872. The van der Waals surface area contributed by atoms with Crippen LogP contribution in [0, 0.1) is 0 Å². The maximum absolute atomic E-state index is 14.1. The van der Waals surface area contributed by atoms with Crippen molar-refractivity contribution in [2.45, 2.75) is 17.8 Å². The van der Waals surface area contributed by atoms with Crippen LogP contribution in [-0.2, 0) is 5.41 Å². The second-order valence-electron chi connectivity index (χ2n) is 6.10. The third-order valence-corrected chi connectivity index (χ3v) is 4.30. The molecule has 0 radical (unpaired) electrons. The van der Waals surface area contributed by atoms with Gasteiger partial charge in [0.25, 0.3) is 0 Å². The van der Waals surface area contributed by atoms with Gasteiger partial charge in [-0.1, -0.05) is 12.1 Å². The SMILES string of the molecule is Nc1cc(C(c2ccc(OCCO)c(N)c2)(C(F)(F)F)C(F)(F)F)ccc1OCO. The molecule has 0 fully saturated rings. The van der Waals surface area contributed by atoms with Gasteiger partial charge in [-0.2, -0.15) is 26.3 Å². The molecule has 2 rings (SSSR count). The molecule has 0 aliphatic rings. The van der Waals surface area contributed by atoms with Gasteiger partial charge in [0, 0.05) is 0 Å². The summed E-state index contributed by atoms with van der Waals surface area (Å²) in [6.07, 6.45) is -11.7. The zero-order valence-corrected chi connectivity index (χ0v) is 15.2. The molecule has 2 aromatic carbocycles. The van der Waals surface area contributed by atoms with Crippen molar-refractivity contribution in [1.82, 2.24) is 0 Å². The summed E-state index contributed by atoms with van der Waals surface area (Å²) in [5.74, 6) is -0.468. The lowest BCUT2D eigenvalue weighted by Crippen LogP contribution is -2.54. The van der Waals surface area contributed by atoms with E-state index in [2.05, 4.69) is 4.74 Å². The van der Waals surface area contributed by atoms with Crippen LogP contribution in [0.4, 0.5) is 37.7 Å². The number of nitrogens with two attached hydrogens (primary N) is 2. The Morgan fingerprint density at radius 1 is 0.733 bits per heavy atom. The molecule has 0 amide bonds. The van der Waals surface area contributed by atoms with Crippen molar-refractivity contribution in [3.63, 3.8) is 0 Å². The molecule has 12 heteroatoms. The molecule has 6 nitrogen and oxygen atoms in total. The molecular weight excluding hydrogens is 422 g/mol. The van der Waals surface area contributed by atoms with E-state index < -0.39 is 53.7 Å². The molecule has 166 valence electrons. The Balaban J connectivity index is 2.79. The van der Waals surface area contributed by atoms with Gasteiger partial charge in [0.2, 0.25) is 5.41 Å². The van der Waals surface area contributed by atoms with E-state index in [0.717, 1.165) is 12.1 Å². The molecule has 2 aromatic rings. The van der Waals surface area contributed by atoms with Crippen molar-refractivity contribution in [2.75, 3.05) is 31.5 Å². The maximum Gasteiger partial charge on any atom is 0.411 e. The predicted molar refractivity (Wildman–Crippen MR) is 94.9 cm³/mol. The lowest BCUT2D eigenvalue weighted by atomic mass is 9.72. The number of benzene rings is 2. The van der Waals surface area contributed by atoms with Gasteiger partial charge in [0.1, 0.15) is 18.1 Å². The average Bonchev–Trinajstić information content (AvgIpc) is 2.61. The molecule has 0 aromatic heterocycles. The third-order valence-electron chi connectivity index (χ3n) is 4.30. The van der Waals surface area contributed by atoms with Crippen LogP contribution in [0.25, 0.3) is 0 Å². The van der Waals surface area contributed by atoms with Crippen LogP contribution in [0.5, 0.6) is 11.5 Å². The highest BCUT2D eigenvalue weighted by Crippen LogP contribution is 2.57. The highest BCUT2D eigenvalue weighted by molar-refractivity contribution is 5.61. The van der Waals surface area contributed by atoms with Crippen LogP contribution in [0.3, 0.4) is 0 Å². The van der Waals surface area contributed by atoms with Crippen molar-refractivity contribution in [3.05, 3.63) is 47.5 Å². The van der Waals surface area contributed by atoms with Crippen LogP contribution in [0.15, 0.2) is 36.4 Å². The molecule has 0 unspecified atom stereocenters. The van der Waals surface area contributed by atoms with Gasteiger partial charge < -0.3 is 31.2 Å². The maximum atomic E-state index is 14.1. The first-order chi connectivity index (χ1) is 13.9. The molecule has 0 saturated heterocycles. The lowest BCUT2D eigenvalue weighted by molar-refractivity contribution is -0.288. The summed E-state index contributed by atoms with van der Waals surface area (Å²) < 4.78 is 94.4. The van der Waals surface area contributed by atoms with E-state index in [-0.39, 0.29) is 18.1 Å². The number of aliphatic hydroxyl groups is 2. The van der Waals surface area contributed by atoms with Gasteiger partial charge in [0.15, 0.2) is 6.79 Å². The Morgan fingerprint density at radius 3 is 1.50 bits per heavy atom. The molecule has 0 atom stereocenters. The second-order valence-corrected chi connectivity index (χ2v) is 6.10. The Morgan fingerprint density at radius 2 is 1.17 bits per heavy atom. The fraction of sp³-hybridized carbons (Fsp3) is 0.333. The molecule has 30 heavy (non-hydrogen) atoms. The van der Waals surface area contributed by atoms with E-state index in [9.17, 15) is 26.3 Å². The van der Waals surface area contributed by atoms with Crippen molar-refractivity contribution < 1.29 is 46.0 Å². The van der Waals surface area contributed by atoms with Crippen LogP contribution < -0.4 is 20.9 Å². The number of alkyl halides is 6. The fourth-order valence-corrected chi connectivity index (χ4v) is 3.03. The van der Waals surface area contributed by atoms with Gasteiger partial charge in [-0.25, -0.2) is 0 Å². The first-order valence-corrected chi connectivity index (χ1v) is 8.31. The normalized spacial score (nSPS) is 12.7. The second kappa shape index (κ2) is 8.48. The van der Waals surface area contributed by atoms with Crippen molar-refractivity contribution in [3.8, 4) is 11.5 Å². The van der Waals surface area contributed by atoms with Crippen molar-refractivity contribution >= 4 is 11.4 Å². The quantitative estimate of drug-likeness (QED) is 0.299. The molecule has 0 heterocycles. The zero-order chi connectivity index (χ0) is 22.7. The molecule has 0 aliphatic carbocycles. The van der Waals surface area contributed by atoms with Crippen molar-refractivity contribution in [1.29, 1.82) is 0 Å². The van der Waals surface area contributed by atoms with Crippen LogP contribution in [0.1, 0.15) is 11.1 Å². The summed E-state index contributed by atoms with van der Waals surface area (Å²) in [4.78, 5) is 0. The van der Waals surface area contributed by atoms with Gasteiger partial charge in [-0.05, 0) is 35.4 Å². The van der Waals surface area contributed by atoms with E-state index in [1.807, 2.05) is 0 Å². The summed E-state index contributed by atoms with van der Waals surface area (Å²) in [6, 6.07) is 3.82. The van der Waals surface area contributed by atoms with Gasteiger partial charge in [-0.3, -0.25) is 0 Å². The number of nitrogen functional groups attached to an aromatic ring is 2. The van der Waals surface area contributed by atoms with Crippen LogP contribution >= 0.6 is 0 Å². The summed E-state index contributed by atoms with van der Waals surface area (Å²) in [6.45, 7) is -1.56. The van der Waals surface area contributed by atoms with E-state index in [1.165, 1.54) is 0 Å². The molecule has 0 aliphatic heterocycles. The number of rotatable bonds is 7. The molecule has 6 N–H and O–H groups in total. The summed E-state index contributed by atoms with van der Waals surface area (Å²) in [5, 5.41) is 17.5. The Hall–Kier alpha value is -2.86. The minimum Gasteiger partial charge on any atom is -0.489 e. The molecule has 0 spiro atoms. The van der Waals surface area contributed by atoms with Crippen molar-refractivity contribution in [2.24, 2.45) is 0 Å². The van der Waals surface area contributed by atoms with Gasteiger partial charge >= 0.3 is 12.4 Å².